The van der Waals surface area contributed by atoms with Gasteiger partial charge in [-0.15, -0.1) is 0 Å². The first kappa shape index (κ1) is 21.3. The third kappa shape index (κ3) is 4.16. The van der Waals surface area contributed by atoms with Crippen LogP contribution in [0.25, 0.3) is 0 Å². The summed E-state index contributed by atoms with van der Waals surface area (Å²) in [7, 11) is 0. The van der Waals surface area contributed by atoms with Crippen molar-refractivity contribution in [1.29, 1.82) is 0 Å². The predicted octanol–water partition coefficient (Wildman–Crippen LogP) is 2.18. The van der Waals surface area contributed by atoms with Gasteiger partial charge in [-0.05, 0) is 56.7 Å². The lowest BCUT2D eigenvalue weighted by Gasteiger charge is -2.27. The van der Waals surface area contributed by atoms with Gasteiger partial charge in [0.1, 0.15) is 11.6 Å². The summed E-state index contributed by atoms with van der Waals surface area (Å²) in [5.74, 6) is -0.680. The van der Waals surface area contributed by atoms with Crippen LogP contribution in [0, 0.1) is 0 Å². The number of nitrogens with zero attached hydrogens (tertiary/aromatic N) is 2. The summed E-state index contributed by atoms with van der Waals surface area (Å²) < 4.78 is 0. The number of hydrogen-bond donors (Lipinski definition) is 2. The van der Waals surface area contributed by atoms with E-state index in [0.29, 0.717) is 18.4 Å². The predicted molar refractivity (Wildman–Crippen MR) is 114 cm³/mol. The number of piperidine rings is 1. The Kier molecular flexibility index (Phi) is 5.98. The number of nitrogens with one attached hydrogen (secondary N) is 2. The molecule has 1 aromatic carbocycles. The highest BCUT2D eigenvalue weighted by atomic mass is 16.2. The zero-order valence-electron chi connectivity index (χ0n) is 18.0. The largest absolute Gasteiger partial charge is 0.350 e. The number of amides is 5. The highest BCUT2D eigenvalue weighted by Gasteiger charge is 2.54. The van der Waals surface area contributed by atoms with Gasteiger partial charge in [0.05, 0.1) is 0 Å². The number of carbonyl (C=O) groups excluding carboxylic acids is 4. The molecule has 3 aliphatic rings. The highest BCUT2D eigenvalue weighted by Crippen LogP contribution is 2.35. The van der Waals surface area contributed by atoms with Crippen LogP contribution in [0.4, 0.5) is 4.79 Å². The molecule has 1 atom stereocenters. The fourth-order valence-corrected chi connectivity index (χ4v) is 4.86. The molecule has 4 rings (SSSR count). The van der Waals surface area contributed by atoms with E-state index in [4.69, 9.17) is 0 Å². The van der Waals surface area contributed by atoms with E-state index in [-0.39, 0.29) is 18.4 Å². The molecule has 1 aromatic rings. The van der Waals surface area contributed by atoms with Crippen molar-refractivity contribution in [3.8, 4) is 0 Å². The van der Waals surface area contributed by atoms with Crippen molar-refractivity contribution >= 4 is 23.8 Å². The number of imide groups is 1. The molecule has 2 N–H and O–H groups in total. The second kappa shape index (κ2) is 8.69. The number of benzene rings is 1. The standard InChI is InChI=1S/C23H30N4O4/c1-16(27-21(30)23(25-22(27)31)10-3-4-11-23)19(28)24-15-17-8-7-9-18(14-17)20(29)26-12-5-2-6-13-26/h7-9,14,16H,2-6,10-13,15H2,1H3,(H,24,28)(H,25,31). The minimum Gasteiger partial charge on any atom is -0.350 e. The van der Waals surface area contributed by atoms with Crippen molar-refractivity contribution in [1.82, 2.24) is 20.4 Å². The van der Waals surface area contributed by atoms with E-state index in [0.717, 1.165) is 55.7 Å². The summed E-state index contributed by atoms with van der Waals surface area (Å²) in [6.45, 7) is 3.35. The molecule has 0 bridgehead atoms. The average molecular weight is 427 g/mol. The molecule has 31 heavy (non-hydrogen) atoms. The van der Waals surface area contributed by atoms with Gasteiger partial charge in [0.2, 0.25) is 5.91 Å². The molecular formula is C23H30N4O4. The lowest BCUT2D eigenvalue weighted by atomic mass is 9.97. The summed E-state index contributed by atoms with van der Waals surface area (Å²) in [5.41, 5.74) is 0.584. The van der Waals surface area contributed by atoms with E-state index in [9.17, 15) is 19.2 Å². The Hall–Kier alpha value is -2.90. The Morgan fingerprint density at radius 2 is 1.81 bits per heavy atom. The monoisotopic (exact) mass is 426 g/mol. The molecular weight excluding hydrogens is 396 g/mol. The van der Waals surface area contributed by atoms with Gasteiger partial charge in [-0.1, -0.05) is 25.0 Å². The maximum atomic E-state index is 12.9. The normalized spacial score (nSPS) is 21.3. The number of rotatable bonds is 5. The molecule has 8 heteroatoms. The summed E-state index contributed by atoms with van der Waals surface area (Å²) in [6, 6.07) is 5.85. The zero-order valence-corrected chi connectivity index (χ0v) is 18.0. The number of likely N-dealkylation sites (tertiary alicyclic amines) is 1. The third-order valence-corrected chi connectivity index (χ3v) is 6.70. The maximum absolute atomic E-state index is 12.9. The highest BCUT2D eigenvalue weighted by molar-refractivity contribution is 6.10. The molecule has 2 saturated heterocycles. The molecule has 1 aliphatic carbocycles. The molecule has 8 nitrogen and oxygen atoms in total. The van der Waals surface area contributed by atoms with E-state index in [2.05, 4.69) is 10.6 Å². The molecule has 2 heterocycles. The maximum Gasteiger partial charge on any atom is 0.325 e. The fourth-order valence-electron chi connectivity index (χ4n) is 4.86. The lowest BCUT2D eigenvalue weighted by Crippen LogP contribution is -2.49. The van der Waals surface area contributed by atoms with Crippen LogP contribution >= 0.6 is 0 Å². The van der Waals surface area contributed by atoms with Gasteiger partial charge in [0, 0.05) is 25.2 Å². The van der Waals surface area contributed by atoms with Gasteiger partial charge >= 0.3 is 6.03 Å². The van der Waals surface area contributed by atoms with Crippen molar-refractivity contribution in [2.45, 2.75) is 70.0 Å². The van der Waals surface area contributed by atoms with E-state index in [1.165, 1.54) is 0 Å². The quantitative estimate of drug-likeness (QED) is 0.705. The molecule has 166 valence electrons. The molecule has 1 unspecified atom stereocenters. The first-order valence-electron chi connectivity index (χ1n) is 11.2. The first-order chi connectivity index (χ1) is 14.9. The van der Waals surface area contributed by atoms with Crippen LogP contribution in [0.2, 0.25) is 0 Å². The van der Waals surface area contributed by atoms with E-state index >= 15 is 0 Å². The Morgan fingerprint density at radius 3 is 2.52 bits per heavy atom. The molecule has 1 saturated carbocycles. The number of hydrogen-bond acceptors (Lipinski definition) is 4. The Bertz CT molecular complexity index is 887. The zero-order chi connectivity index (χ0) is 22.0. The Labute approximate surface area is 182 Å². The molecule has 3 fully saturated rings. The second-order valence-electron chi connectivity index (χ2n) is 8.84. The topological polar surface area (TPSA) is 98.8 Å². The first-order valence-corrected chi connectivity index (χ1v) is 11.2. The van der Waals surface area contributed by atoms with Crippen LogP contribution in [0.1, 0.15) is 67.8 Å². The minimum atomic E-state index is -0.898. The summed E-state index contributed by atoms with van der Waals surface area (Å²) in [6.07, 6.45) is 6.26. The van der Waals surface area contributed by atoms with Crippen LogP contribution in [0.5, 0.6) is 0 Å². The fraction of sp³-hybridized carbons (Fsp3) is 0.565. The SMILES string of the molecule is CC(C(=O)NCc1cccc(C(=O)N2CCCCC2)c1)N1C(=O)NC2(CCCC2)C1=O. The molecule has 0 radical (unpaired) electrons. The van der Waals surface area contributed by atoms with E-state index in [1.54, 1.807) is 19.1 Å². The van der Waals surface area contributed by atoms with E-state index in [1.807, 2.05) is 17.0 Å². The van der Waals surface area contributed by atoms with Crippen LogP contribution in [-0.4, -0.2) is 58.2 Å². The van der Waals surface area contributed by atoms with Crippen LogP contribution in [-0.2, 0) is 16.1 Å². The van der Waals surface area contributed by atoms with Gasteiger partial charge in [-0.3, -0.25) is 14.4 Å². The summed E-state index contributed by atoms with van der Waals surface area (Å²) >= 11 is 0. The third-order valence-electron chi connectivity index (χ3n) is 6.70. The van der Waals surface area contributed by atoms with Crippen LogP contribution in [0.3, 0.4) is 0 Å². The summed E-state index contributed by atoms with van der Waals surface area (Å²) in [5, 5.41) is 5.61. The molecule has 5 amide bonds. The lowest BCUT2D eigenvalue weighted by molar-refractivity contribution is -0.137. The smallest absolute Gasteiger partial charge is 0.325 e. The van der Waals surface area contributed by atoms with Crippen molar-refractivity contribution in [3.05, 3.63) is 35.4 Å². The van der Waals surface area contributed by atoms with Crippen LogP contribution < -0.4 is 10.6 Å². The van der Waals surface area contributed by atoms with Crippen molar-refractivity contribution in [2.75, 3.05) is 13.1 Å². The van der Waals surface area contributed by atoms with Gasteiger partial charge in [0.15, 0.2) is 0 Å². The Balaban J connectivity index is 1.37. The molecule has 1 spiro atoms. The van der Waals surface area contributed by atoms with Crippen molar-refractivity contribution in [3.63, 3.8) is 0 Å². The minimum absolute atomic E-state index is 0.0161. The van der Waals surface area contributed by atoms with Crippen LogP contribution in [0.15, 0.2) is 24.3 Å². The molecule has 2 aliphatic heterocycles. The summed E-state index contributed by atoms with van der Waals surface area (Å²) in [4.78, 5) is 53.6. The Morgan fingerprint density at radius 1 is 1.10 bits per heavy atom. The van der Waals surface area contributed by atoms with Gasteiger partial charge in [-0.2, -0.15) is 0 Å². The van der Waals surface area contributed by atoms with Crippen molar-refractivity contribution < 1.29 is 19.2 Å². The van der Waals surface area contributed by atoms with Gasteiger partial charge in [0.25, 0.3) is 11.8 Å². The van der Waals surface area contributed by atoms with Gasteiger partial charge in [-0.25, -0.2) is 9.69 Å². The average Bonchev–Trinajstić information content (AvgIpc) is 3.36. The molecule has 0 aromatic heterocycles. The second-order valence-corrected chi connectivity index (χ2v) is 8.84. The number of carbonyl (C=O) groups is 4. The van der Waals surface area contributed by atoms with Gasteiger partial charge < -0.3 is 15.5 Å². The van der Waals surface area contributed by atoms with E-state index < -0.39 is 23.5 Å². The van der Waals surface area contributed by atoms with Crippen molar-refractivity contribution in [2.24, 2.45) is 0 Å². The number of urea groups is 1.